The Labute approximate surface area is 180 Å². The van der Waals surface area contributed by atoms with Crippen LogP contribution >= 0.6 is 0 Å². The molecule has 1 aromatic carbocycles. The summed E-state index contributed by atoms with van der Waals surface area (Å²) in [4.78, 5) is 21.6. The Balaban J connectivity index is 1.41. The van der Waals surface area contributed by atoms with Crippen LogP contribution in [0.5, 0.6) is 0 Å². The number of fused-ring (bicyclic) bond motifs is 1. The van der Waals surface area contributed by atoms with E-state index in [0.717, 1.165) is 46.9 Å². The second-order valence-electron chi connectivity index (χ2n) is 7.44. The van der Waals surface area contributed by atoms with E-state index in [1.54, 1.807) is 6.20 Å². The van der Waals surface area contributed by atoms with E-state index in [1.807, 2.05) is 55.7 Å². The van der Waals surface area contributed by atoms with Crippen molar-refractivity contribution in [1.29, 1.82) is 0 Å². The fraction of sp³-hybridized carbons (Fsp3) is 0.120. The minimum absolute atomic E-state index is 0.598. The summed E-state index contributed by atoms with van der Waals surface area (Å²) in [7, 11) is 0. The van der Waals surface area contributed by atoms with Gasteiger partial charge in [0.05, 0.1) is 5.69 Å². The van der Waals surface area contributed by atoms with E-state index in [1.165, 1.54) is 10.9 Å². The molecule has 0 saturated carbocycles. The van der Waals surface area contributed by atoms with Crippen molar-refractivity contribution in [1.82, 2.24) is 24.9 Å². The van der Waals surface area contributed by atoms with E-state index in [-0.39, 0.29) is 0 Å². The van der Waals surface area contributed by atoms with Gasteiger partial charge in [-0.2, -0.15) is 0 Å². The molecular weight excluding hydrogens is 384 g/mol. The first-order valence-electron chi connectivity index (χ1n) is 10.3. The Morgan fingerprint density at radius 1 is 0.903 bits per heavy atom. The second-order valence-corrected chi connectivity index (χ2v) is 7.44. The first-order chi connectivity index (χ1) is 15.2. The first kappa shape index (κ1) is 18.9. The van der Waals surface area contributed by atoms with Gasteiger partial charge in [-0.25, -0.2) is 15.0 Å². The van der Waals surface area contributed by atoms with Crippen LogP contribution in [0.3, 0.4) is 0 Å². The molecule has 0 saturated heterocycles. The molecule has 2 N–H and O–H groups in total. The van der Waals surface area contributed by atoms with Crippen molar-refractivity contribution in [2.24, 2.45) is 0 Å². The number of nitrogens with zero attached hydrogens (tertiary/aromatic N) is 4. The average molecular weight is 406 g/mol. The molecule has 0 atom stereocenters. The molecule has 6 heteroatoms. The zero-order valence-electron chi connectivity index (χ0n) is 17.2. The van der Waals surface area contributed by atoms with Gasteiger partial charge in [0.15, 0.2) is 5.82 Å². The molecule has 6 nitrogen and oxygen atoms in total. The van der Waals surface area contributed by atoms with E-state index in [0.29, 0.717) is 5.82 Å². The molecule has 0 radical (unpaired) electrons. The molecule has 31 heavy (non-hydrogen) atoms. The monoisotopic (exact) mass is 406 g/mol. The summed E-state index contributed by atoms with van der Waals surface area (Å²) < 4.78 is 0. The fourth-order valence-electron chi connectivity index (χ4n) is 3.57. The number of aryl methyl sites for hydroxylation is 1. The average Bonchev–Trinajstić information content (AvgIpc) is 3.27. The van der Waals surface area contributed by atoms with Crippen molar-refractivity contribution >= 4 is 16.7 Å². The van der Waals surface area contributed by atoms with Gasteiger partial charge in [-0.15, -0.1) is 0 Å². The molecule has 152 valence electrons. The highest BCUT2D eigenvalue weighted by atomic mass is 15.0. The van der Waals surface area contributed by atoms with Gasteiger partial charge in [0.2, 0.25) is 0 Å². The first-order valence-corrected chi connectivity index (χ1v) is 10.3. The highest BCUT2D eigenvalue weighted by Crippen LogP contribution is 2.23. The number of hydrogen-bond donors (Lipinski definition) is 2. The molecule has 0 aliphatic carbocycles. The SMILES string of the molecule is Cc1cccc(-c2nc(NCCc3ccc4cc[nH]c4c3)cc(-c3cccnc3)n2)n1. The number of rotatable bonds is 6. The molecule has 0 aliphatic rings. The van der Waals surface area contributed by atoms with Gasteiger partial charge in [0.1, 0.15) is 11.5 Å². The van der Waals surface area contributed by atoms with Gasteiger partial charge in [-0.1, -0.05) is 18.2 Å². The number of pyridine rings is 2. The molecule has 0 bridgehead atoms. The maximum Gasteiger partial charge on any atom is 0.180 e. The van der Waals surface area contributed by atoms with Crippen molar-refractivity contribution in [3.8, 4) is 22.8 Å². The molecule has 4 aromatic heterocycles. The van der Waals surface area contributed by atoms with Crippen LogP contribution in [-0.4, -0.2) is 31.5 Å². The van der Waals surface area contributed by atoms with Crippen molar-refractivity contribution in [3.63, 3.8) is 0 Å². The van der Waals surface area contributed by atoms with Crippen LogP contribution in [0, 0.1) is 6.92 Å². The summed E-state index contributed by atoms with van der Waals surface area (Å²) in [5, 5.41) is 4.69. The lowest BCUT2D eigenvalue weighted by molar-refractivity contribution is 1.00. The van der Waals surface area contributed by atoms with Crippen molar-refractivity contribution < 1.29 is 0 Å². The topological polar surface area (TPSA) is 79.4 Å². The number of benzene rings is 1. The normalized spacial score (nSPS) is 11.0. The van der Waals surface area contributed by atoms with Crippen molar-refractivity contribution in [2.75, 3.05) is 11.9 Å². The van der Waals surface area contributed by atoms with Gasteiger partial charge in [-0.05, 0) is 60.7 Å². The largest absolute Gasteiger partial charge is 0.370 e. The van der Waals surface area contributed by atoms with Crippen LogP contribution in [0.15, 0.2) is 79.3 Å². The van der Waals surface area contributed by atoms with Crippen LogP contribution in [0.25, 0.3) is 33.7 Å². The third kappa shape index (κ3) is 4.28. The quantitative estimate of drug-likeness (QED) is 0.413. The van der Waals surface area contributed by atoms with Crippen molar-refractivity contribution in [3.05, 3.63) is 90.5 Å². The van der Waals surface area contributed by atoms with E-state index >= 15 is 0 Å². The van der Waals surface area contributed by atoms with Crippen LogP contribution < -0.4 is 5.32 Å². The molecule has 0 unspecified atom stereocenters. The predicted molar refractivity (Wildman–Crippen MR) is 124 cm³/mol. The minimum atomic E-state index is 0.598. The lowest BCUT2D eigenvalue weighted by atomic mass is 10.1. The molecule has 4 heterocycles. The Hall–Kier alpha value is -4.06. The molecule has 0 fully saturated rings. The number of hydrogen-bond acceptors (Lipinski definition) is 5. The Kier molecular flexibility index (Phi) is 5.10. The van der Waals surface area contributed by atoms with Gasteiger partial charge in [-0.3, -0.25) is 4.98 Å². The summed E-state index contributed by atoms with van der Waals surface area (Å²) in [6.07, 6.45) is 6.42. The summed E-state index contributed by atoms with van der Waals surface area (Å²) in [5.41, 5.74) is 5.87. The zero-order valence-corrected chi connectivity index (χ0v) is 17.2. The van der Waals surface area contributed by atoms with E-state index in [9.17, 15) is 0 Å². The minimum Gasteiger partial charge on any atom is -0.370 e. The highest BCUT2D eigenvalue weighted by Gasteiger charge is 2.10. The van der Waals surface area contributed by atoms with E-state index in [4.69, 9.17) is 9.97 Å². The van der Waals surface area contributed by atoms with Gasteiger partial charge in [0.25, 0.3) is 0 Å². The molecule has 5 rings (SSSR count). The third-order valence-electron chi connectivity index (χ3n) is 5.14. The Morgan fingerprint density at radius 3 is 2.74 bits per heavy atom. The smallest absolute Gasteiger partial charge is 0.180 e. The summed E-state index contributed by atoms with van der Waals surface area (Å²) >= 11 is 0. The molecule has 5 aromatic rings. The lowest BCUT2D eigenvalue weighted by Crippen LogP contribution is -2.08. The Bertz CT molecular complexity index is 1330. The lowest BCUT2D eigenvalue weighted by Gasteiger charge is -2.11. The van der Waals surface area contributed by atoms with Gasteiger partial charge in [0, 0.05) is 48.0 Å². The van der Waals surface area contributed by atoms with Crippen LogP contribution in [0.4, 0.5) is 5.82 Å². The summed E-state index contributed by atoms with van der Waals surface area (Å²) in [6.45, 7) is 2.73. The standard InChI is InChI=1S/C25H22N6/c1-17-4-2-6-21(29-17)25-30-23(20-5-3-11-26-16-20)15-24(31-25)28-12-9-18-7-8-19-10-13-27-22(19)14-18/h2-8,10-11,13-16,27H,9,12H2,1H3,(H,28,30,31). The number of anilines is 1. The molecular formula is C25H22N6. The maximum absolute atomic E-state index is 4.75. The van der Waals surface area contributed by atoms with Gasteiger partial charge >= 0.3 is 0 Å². The second kappa shape index (κ2) is 8.36. The summed E-state index contributed by atoms with van der Waals surface area (Å²) in [5.74, 6) is 1.37. The number of H-pyrrole nitrogens is 1. The predicted octanol–water partition coefficient (Wildman–Crippen LogP) is 5.04. The van der Waals surface area contributed by atoms with Crippen molar-refractivity contribution in [2.45, 2.75) is 13.3 Å². The highest BCUT2D eigenvalue weighted by molar-refractivity contribution is 5.79. The van der Waals surface area contributed by atoms with Gasteiger partial charge < -0.3 is 10.3 Å². The molecule has 0 amide bonds. The third-order valence-corrected chi connectivity index (χ3v) is 5.14. The zero-order chi connectivity index (χ0) is 21.0. The maximum atomic E-state index is 4.75. The number of nitrogens with one attached hydrogen (secondary N) is 2. The van der Waals surface area contributed by atoms with Crippen LogP contribution in [-0.2, 0) is 6.42 Å². The number of aromatic nitrogens is 5. The summed E-state index contributed by atoms with van der Waals surface area (Å²) in [6, 6.07) is 20.3. The molecule has 0 aliphatic heterocycles. The van der Waals surface area contributed by atoms with Crippen LogP contribution in [0.2, 0.25) is 0 Å². The fourth-order valence-corrected chi connectivity index (χ4v) is 3.57. The van der Waals surface area contributed by atoms with Crippen LogP contribution in [0.1, 0.15) is 11.3 Å². The molecule has 0 spiro atoms. The number of aromatic amines is 1. The van der Waals surface area contributed by atoms with E-state index in [2.05, 4.69) is 44.5 Å². The van der Waals surface area contributed by atoms with E-state index < -0.39 is 0 Å². The Morgan fingerprint density at radius 2 is 1.87 bits per heavy atom.